The number of ether oxygens (including phenoxy) is 1. The summed E-state index contributed by atoms with van der Waals surface area (Å²) in [7, 11) is 1.74. The molecule has 23 heavy (non-hydrogen) atoms. The Balaban J connectivity index is 1.92. The number of aromatic amines is 1. The number of anilines is 1. The monoisotopic (exact) mass is 313 g/mol. The number of benzene rings is 1. The van der Waals surface area contributed by atoms with Gasteiger partial charge in [0.15, 0.2) is 0 Å². The molecule has 0 radical (unpaired) electrons. The summed E-state index contributed by atoms with van der Waals surface area (Å²) in [5.74, 6) is 1.15. The quantitative estimate of drug-likeness (QED) is 0.890. The van der Waals surface area contributed by atoms with Gasteiger partial charge in [-0.1, -0.05) is 0 Å². The number of H-pyrrole nitrogens is 1. The Morgan fingerprint density at radius 2 is 2.26 bits per heavy atom. The van der Waals surface area contributed by atoms with Crippen molar-refractivity contribution in [2.45, 2.75) is 19.9 Å². The van der Waals surface area contributed by atoms with Gasteiger partial charge in [0, 0.05) is 37.0 Å². The van der Waals surface area contributed by atoms with Crippen LogP contribution in [0.2, 0.25) is 0 Å². The Labute approximate surface area is 136 Å². The van der Waals surface area contributed by atoms with E-state index in [9.17, 15) is 0 Å². The molecular formula is C17H23N5O. The van der Waals surface area contributed by atoms with E-state index in [1.165, 1.54) is 0 Å². The fourth-order valence-corrected chi connectivity index (χ4v) is 2.80. The molecule has 1 aromatic carbocycles. The number of nitrogens with one attached hydrogen (secondary N) is 1. The topological polar surface area (TPSA) is 56.8 Å². The number of aliphatic imine (C=N–C) groups is 1. The minimum atomic E-state index is 0.378. The molecular weight excluding hydrogens is 290 g/mol. The first-order valence-electron chi connectivity index (χ1n) is 7.87. The van der Waals surface area contributed by atoms with Gasteiger partial charge >= 0.3 is 0 Å². The molecule has 0 saturated carbocycles. The molecule has 1 aromatic heterocycles. The highest BCUT2D eigenvalue weighted by molar-refractivity contribution is 5.83. The zero-order valence-corrected chi connectivity index (χ0v) is 13.9. The Morgan fingerprint density at radius 1 is 1.39 bits per heavy atom. The molecule has 0 aliphatic carbocycles. The molecule has 0 bridgehead atoms. The van der Waals surface area contributed by atoms with E-state index >= 15 is 0 Å². The van der Waals surface area contributed by atoms with Crippen molar-refractivity contribution in [3.63, 3.8) is 0 Å². The van der Waals surface area contributed by atoms with Crippen molar-refractivity contribution in [2.24, 2.45) is 4.99 Å². The summed E-state index contributed by atoms with van der Waals surface area (Å²) >= 11 is 0. The average Bonchev–Trinajstić information content (AvgIpc) is 3.03. The minimum Gasteiger partial charge on any atom is -0.383 e. The third-order valence-corrected chi connectivity index (χ3v) is 4.02. The molecule has 2 aromatic rings. The van der Waals surface area contributed by atoms with Crippen molar-refractivity contribution in [1.82, 2.24) is 15.1 Å². The van der Waals surface area contributed by atoms with E-state index in [0.717, 1.165) is 29.0 Å². The first-order chi connectivity index (χ1) is 11.2. The molecule has 2 heterocycles. The molecule has 1 N–H and O–H groups in total. The Kier molecular flexibility index (Phi) is 4.62. The first-order valence-corrected chi connectivity index (χ1v) is 7.87. The second kappa shape index (κ2) is 6.83. The maximum Gasteiger partial charge on any atom is 0.116 e. The summed E-state index contributed by atoms with van der Waals surface area (Å²) in [6.45, 7) is 6.55. The SMILES string of the molecule is COCCN(C1=CC=NCN1c1ccc2[nH]ncc2c1)C(C)C. The zero-order valence-electron chi connectivity index (χ0n) is 13.9. The van der Waals surface area contributed by atoms with Crippen LogP contribution in [-0.4, -0.2) is 54.3 Å². The second-order valence-electron chi connectivity index (χ2n) is 5.85. The van der Waals surface area contributed by atoms with E-state index in [-0.39, 0.29) is 0 Å². The van der Waals surface area contributed by atoms with E-state index in [1.807, 2.05) is 12.4 Å². The van der Waals surface area contributed by atoms with Crippen LogP contribution >= 0.6 is 0 Å². The van der Waals surface area contributed by atoms with Gasteiger partial charge in [-0.05, 0) is 38.1 Å². The van der Waals surface area contributed by atoms with Crippen LogP contribution in [0.1, 0.15) is 13.8 Å². The van der Waals surface area contributed by atoms with Crippen molar-refractivity contribution in [1.29, 1.82) is 0 Å². The van der Waals surface area contributed by atoms with E-state index in [4.69, 9.17) is 4.74 Å². The Hall–Kier alpha value is -2.34. The summed E-state index contributed by atoms with van der Waals surface area (Å²) in [6.07, 6.45) is 5.80. The summed E-state index contributed by atoms with van der Waals surface area (Å²) in [5, 5.41) is 8.19. The van der Waals surface area contributed by atoms with Gasteiger partial charge in [0.25, 0.3) is 0 Å². The maximum absolute atomic E-state index is 5.27. The van der Waals surface area contributed by atoms with Crippen LogP contribution in [0.4, 0.5) is 5.69 Å². The van der Waals surface area contributed by atoms with Crippen molar-refractivity contribution < 1.29 is 4.74 Å². The van der Waals surface area contributed by atoms with Crippen LogP contribution in [0.3, 0.4) is 0 Å². The molecule has 1 aliphatic rings. The third-order valence-electron chi connectivity index (χ3n) is 4.02. The van der Waals surface area contributed by atoms with Gasteiger partial charge in [0.1, 0.15) is 12.5 Å². The third kappa shape index (κ3) is 3.22. The van der Waals surface area contributed by atoms with Gasteiger partial charge in [-0.3, -0.25) is 10.1 Å². The largest absolute Gasteiger partial charge is 0.383 e. The summed E-state index contributed by atoms with van der Waals surface area (Å²) in [6, 6.07) is 6.68. The molecule has 122 valence electrons. The van der Waals surface area contributed by atoms with Gasteiger partial charge in [0.05, 0.1) is 18.3 Å². The molecule has 0 amide bonds. The van der Waals surface area contributed by atoms with Crippen molar-refractivity contribution in [3.8, 4) is 0 Å². The lowest BCUT2D eigenvalue weighted by Crippen LogP contribution is -2.42. The van der Waals surface area contributed by atoms with Crippen LogP contribution in [-0.2, 0) is 4.74 Å². The molecule has 1 aliphatic heterocycles. The minimum absolute atomic E-state index is 0.378. The highest BCUT2D eigenvalue weighted by Crippen LogP contribution is 2.27. The molecule has 0 saturated heterocycles. The van der Waals surface area contributed by atoms with Crippen molar-refractivity contribution in [2.75, 3.05) is 31.8 Å². The zero-order chi connectivity index (χ0) is 16.2. The highest BCUT2D eigenvalue weighted by Gasteiger charge is 2.22. The van der Waals surface area contributed by atoms with Gasteiger partial charge in [-0.2, -0.15) is 5.10 Å². The van der Waals surface area contributed by atoms with Crippen LogP contribution in [0, 0.1) is 0 Å². The molecule has 6 heteroatoms. The molecule has 6 nitrogen and oxygen atoms in total. The molecule has 0 fully saturated rings. The number of allylic oxidation sites excluding steroid dienone is 1. The summed E-state index contributed by atoms with van der Waals surface area (Å²) in [4.78, 5) is 8.98. The standard InChI is InChI=1S/C17H23N5O/c1-13(2)21(8-9-23-3)17-6-7-18-12-22(17)15-4-5-16-14(10-15)11-19-20-16/h4-7,10-11,13H,8-9,12H2,1-3H3,(H,19,20). The van der Waals surface area contributed by atoms with Crippen molar-refractivity contribution in [3.05, 3.63) is 36.3 Å². The van der Waals surface area contributed by atoms with E-state index in [0.29, 0.717) is 19.3 Å². The predicted molar refractivity (Wildman–Crippen MR) is 93.7 cm³/mol. The molecule has 0 spiro atoms. The normalized spacial score (nSPS) is 14.6. The average molecular weight is 313 g/mol. The summed E-state index contributed by atoms with van der Waals surface area (Å²) in [5.41, 5.74) is 2.16. The predicted octanol–water partition coefficient (Wildman–Crippen LogP) is 2.61. The molecule has 0 unspecified atom stereocenters. The van der Waals surface area contributed by atoms with Crippen LogP contribution in [0.25, 0.3) is 10.9 Å². The number of rotatable bonds is 6. The van der Waals surface area contributed by atoms with Crippen LogP contribution in [0.15, 0.2) is 41.3 Å². The fraction of sp³-hybridized carbons (Fsp3) is 0.412. The number of hydrogen-bond acceptors (Lipinski definition) is 5. The highest BCUT2D eigenvalue weighted by atomic mass is 16.5. The van der Waals surface area contributed by atoms with E-state index < -0.39 is 0 Å². The number of hydrogen-bond donors (Lipinski definition) is 1. The van der Waals surface area contributed by atoms with Gasteiger partial charge in [-0.25, -0.2) is 0 Å². The number of fused-ring (bicyclic) bond motifs is 1. The number of methoxy groups -OCH3 is 1. The second-order valence-corrected chi connectivity index (χ2v) is 5.85. The van der Waals surface area contributed by atoms with E-state index in [1.54, 1.807) is 7.11 Å². The van der Waals surface area contributed by atoms with Crippen LogP contribution < -0.4 is 4.90 Å². The lowest BCUT2D eigenvalue weighted by atomic mass is 10.2. The Bertz CT molecular complexity index is 719. The number of aromatic nitrogens is 2. The fourth-order valence-electron chi connectivity index (χ4n) is 2.80. The molecule has 3 rings (SSSR count). The number of nitrogens with zero attached hydrogens (tertiary/aromatic N) is 4. The maximum atomic E-state index is 5.27. The summed E-state index contributed by atoms with van der Waals surface area (Å²) < 4.78 is 5.27. The first kappa shape index (κ1) is 15.6. The lowest BCUT2D eigenvalue weighted by molar-refractivity contribution is 0.149. The lowest BCUT2D eigenvalue weighted by Gasteiger charge is -2.38. The Morgan fingerprint density at radius 3 is 3.04 bits per heavy atom. The van der Waals surface area contributed by atoms with Gasteiger partial charge < -0.3 is 14.5 Å². The molecule has 0 atom stereocenters. The van der Waals surface area contributed by atoms with Crippen molar-refractivity contribution >= 4 is 22.8 Å². The van der Waals surface area contributed by atoms with E-state index in [2.05, 4.69) is 63.1 Å². The smallest absolute Gasteiger partial charge is 0.116 e. The van der Waals surface area contributed by atoms with Gasteiger partial charge in [-0.15, -0.1) is 0 Å². The van der Waals surface area contributed by atoms with Crippen LogP contribution in [0.5, 0.6) is 0 Å². The van der Waals surface area contributed by atoms with Gasteiger partial charge in [0.2, 0.25) is 0 Å².